The van der Waals surface area contributed by atoms with E-state index in [9.17, 15) is 0 Å². The van der Waals surface area contributed by atoms with Crippen LogP contribution >= 0.6 is 11.8 Å². The van der Waals surface area contributed by atoms with Gasteiger partial charge < -0.3 is 0 Å². The normalized spacial score (nSPS) is 15.6. The van der Waals surface area contributed by atoms with E-state index in [1.165, 1.54) is 12.8 Å². The van der Waals surface area contributed by atoms with Crippen molar-refractivity contribution >= 4 is 11.8 Å². The standard InChI is InChI=1S/C9H8N2S/c10-6-8-9(2-1-5-11-8)12-7-3-4-7/h1-2,5,7H,3-4H2. The van der Waals surface area contributed by atoms with E-state index in [4.69, 9.17) is 5.26 Å². The van der Waals surface area contributed by atoms with E-state index in [1.54, 1.807) is 18.0 Å². The molecule has 60 valence electrons. The summed E-state index contributed by atoms with van der Waals surface area (Å²) in [6, 6.07) is 5.94. The van der Waals surface area contributed by atoms with Crippen molar-refractivity contribution in [3.63, 3.8) is 0 Å². The molecular weight excluding hydrogens is 168 g/mol. The highest BCUT2D eigenvalue weighted by Gasteiger charge is 2.23. The number of pyridine rings is 1. The van der Waals surface area contributed by atoms with Gasteiger partial charge in [0.1, 0.15) is 6.07 Å². The fourth-order valence-electron chi connectivity index (χ4n) is 0.935. The SMILES string of the molecule is N#Cc1ncccc1SC1CC1. The third-order valence-corrected chi connectivity index (χ3v) is 3.08. The molecule has 1 saturated carbocycles. The molecule has 12 heavy (non-hydrogen) atoms. The van der Waals surface area contributed by atoms with Crippen molar-refractivity contribution in [1.29, 1.82) is 5.26 Å². The predicted octanol–water partition coefficient (Wildman–Crippen LogP) is 2.21. The van der Waals surface area contributed by atoms with Gasteiger partial charge in [-0.15, -0.1) is 11.8 Å². The lowest BCUT2D eigenvalue weighted by atomic mass is 10.4. The number of nitriles is 1. The first kappa shape index (κ1) is 7.63. The molecule has 0 N–H and O–H groups in total. The fraction of sp³-hybridized carbons (Fsp3) is 0.333. The second kappa shape index (κ2) is 3.16. The zero-order chi connectivity index (χ0) is 8.39. The number of nitrogens with zero attached hydrogens (tertiary/aromatic N) is 2. The minimum absolute atomic E-state index is 0.564. The van der Waals surface area contributed by atoms with Crippen molar-refractivity contribution in [2.24, 2.45) is 0 Å². The second-order valence-electron chi connectivity index (χ2n) is 2.78. The van der Waals surface area contributed by atoms with Gasteiger partial charge in [-0.3, -0.25) is 0 Å². The van der Waals surface area contributed by atoms with Crippen molar-refractivity contribution in [2.75, 3.05) is 0 Å². The van der Waals surface area contributed by atoms with Gasteiger partial charge in [0.05, 0.1) is 0 Å². The Balaban J connectivity index is 2.22. The summed E-state index contributed by atoms with van der Waals surface area (Å²) in [6.45, 7) is 0. The van der Waals surface area contributed by atoms with Crippen LogP contribution in [0, 0.1) is 11.3 Å². The largest absolute Gasteiger partial charge is 0.244 e. The summed E-state index contributed by atoms with van der Waals surface area (Å²) in [7, 11) is 0. The van der Waals surface area contributed by atoms with Crippen LogP contribution in [0.2, 0.25) is 0 Å². The molecule has 0 atom stereocenters. The lowest BCUT2D eigenvalue weighted by molar-refractivity contribution is 1.17. The first-order chi connectivity index (χ1) is 5.90. The Kier molecular flexibility index (Phi) is 2.01. The van der Waals surface area contributed by atoms with Gasteiger partial charge in [-0.25, -0.2) is 4.98 Å². The van der Waals surface area contributed by atoms with Crippen LogP contribution in [0.4, 0.5) is 0 Å². The molecule has 0 amide bonds. The maximum atomic E-state index is 8.73. The molecule has 0 aromatic carbocycles. The van der Waals surface area contributed by atoms with Gasteiger partial charge in [-0.1, -0.05) is 0 Å². The van der Waals surface area contributed by atoms with Gasteiger partial charge in [0.15, 0.2) is 5.69 Å². The fourth-order valence-corrected chi connectivity index (χ4v) is 2.03. The summed E-state index contributed by atoms with van der Waals surface area (Å²) >= 11 is 1.78. The lowest BCUT2D eigenvalue weighted by Gasteiger charge is -1.98. The van der Waals surface area contributed by atoms with Crippen molar-refractivity contribution < 1.29 is 0 Å². The average Bonchev–Trinajstić information content (AvgIpc) is 2.89. The van der Waals surface area contributed by atoms with Crippen molar-refractivity contribution in [3.05, 3.63) is 24.0 Å². The molecule has 0 saturated heterocycles. The van der Waals surface area contributed by atoms with Crippen LogP contribution in [0.25, 0.3) is 0 Å². The van der Waals surface area contributed by atoms with Gasteiger partial charge in [0.25, 0.3) is 0 Å². The van der Waals surface area contributed by atoms with Crippen molar-refractivity contribution in [1.82, 2.24) is 4.98 Å². The van der Waals surface area contributed by atoms with Crippen LogP contribution in [0.3, 0.4) is 0 Å². The molecule has 1 aliphatic rings. The Morgan fingerprint density at radius 3 is 3.08 bits per heavy atom. The number of hydrogen-bond donors (Lipinski definition) is 0. The van der Waals surface area contributed by atoms with Crippen LogP contribution in [0.5, 0.6) is 0 Å². The van der Waals surface area contributed by atoms with Crippen molar-refractivity contribution in [2.45, 2.75) is 23.0 Å². The maximum Gasteiger partial charge on any atom is 0.153 e. The summed E-state index contributed by atoms with van der Waals surface area (Å²) in [5.41, 5.74) is 0.564. The van der Waals surface area contributed by atoms with E-state index in [-0.39, 0.29) is 0 Å². The summed E-state index contributed by atoms with van der Waals surface area (Å²) in [5.74, 6) is 0. The van der Waals surface area contributed by atoms with Crippen LogP contribution in [-0.4, -0.2) is 10.2 Å². The van der Waals surface area contributed by atoms with Gasteiger partial charge in [0.2, 0.25) is 0 Å². The maximum absolute atomic E-state index is 8.73. The molecule has 1 fully saturated rings. The molecule has 0 spiro atoms. The number of rotatable bonds is 2. The second-order valence-corrected chi connectivity index (χ2v) is 4.12. The highest BCUT2D eigenvalue weighted by atomic mass is 32.2. The molecule has 3 heteroatoms. The number of hydrogen-bond acceptors (Lipinski definition) is 3. The smallest absolute Gasteiger partial charge is 0.153 e. The zero-order valence-corrected chi connectivity index (χ0v) is 7.34. The number of aromatic nitrogens is 1. The quantitative estimate of drug-likeness (QED) is 0.693. The van der Waals surface area contributed by atoms with E-state index in [2.05, 4.69) is 11.1 Å². The van der Waals surface area contributed by atoms with Crippen LogP contribution < -0.4 is 0 Å². The Hall–Kier alpha value is -1.01. The molecule has 1 aromatic rings. The minimum Gasteiger partial charge on any atom is -0.244 e. The summed E-state index contributed by atoms with van der Waals surface area (Å²) in [5, 5.41) is 9.46. The van der Waals surface area contributed by atoms with Gasteiger partial charge in [0, 0.05) is 16.3 Å². The first-order valence-electron chi connectivity index (χ1n) is 3.92. The molecule has 1 aliphatic carbocycles. The third kappa shape index (κ3) is 1.59. The molecule has 0 radical (unpaired) electrons. The van der Waals surface area contributed by atoms with Gasteiger partial charge in [-0.2, -0.15) is 5.26 Å². The highest BCUT2D eigenvalue weighted by molar-refractivity contribution is 8.00. The highest BCUT2D eigenvalue weighted by Crippen LogP contribution is 2.39. The topological polar surface area (TPSA) is 36.7 Å². The summed E-state index contributed by atoms with van der Waals surface area (Å²) in [4.78, 5) is 5.03. The molecule has 2 nitrogen and oxygen atoms in total. The molecular formula is C9H8N2S. The lowest BCUT2D eigenvalue weighted by Crippen LogP contribution is -1.85. The van der Waals surface area contributed by atoms with Gasteiger partial charge in [-0.05, 0) is 25.0 Å². The van der Waals surface area contributed by atoms with E-state index in [0.717, 1.165) is 10.1 Å². The van der Waals surface area contributed by atoms with E-state index >= 15 is 0 Å². The molecule has 1 heterocycles. The first-order valence-corrected chi connectivity index (χ1v) is 4.80. The van der Waals surface area contributed by atoms with Crippen molar-refractivity contribution in [3.8, 4) is 6.07 Å². The van der Waals surface area contributed by atoms with E-state index < -0.39 is 0 Å². The molecule has 0 unspecified atom stereocenters. The Morgan fingerprint density at radius 1 is 1.58 bits per heavy atom. The minimum atomic E-state index is 0.564. The zero-order valence-electron chi connectivity index (χ0n) is 6.53. The van der Waals surface area contributed by atoms with Crippen LogP contribution in [0.1, 0.15) is 18.5 Å². The van der Waals surface area contributed by atoms with E-state index in [1.807, 2.05) is 12.1 Å². The molecule has 0 bridgehead atoms. The Labute approximate surface area is 75.6 Å². The predicted molar refractivity (Wildman–Crippen MR) is 47.8 cm³/mol. The summed E-state index contributed by atoms with van der Waals surface area (Å²) in [6.07, 6.45) is 4.23. The average molecular weight is 176 g/mol. The molecule has 2 rings (SSSR count). The Morgan fingerprint density at radius 2 is 2.42 bits per heavy atom. The Bertz CT molecular complexity index is 326. The van der Waals surface area contributed by atoms with E-state index in [0.29, 0.717) is 5.69 Å². The number of thioether (sulfide) groups is 1. The molecule has 0 aliphatic heterocycles. The van der Waals surface area contributed by atoms with Crippen LogP contribution in [-0.2, 0) is 0 Å². The van der Waals surface area contributed by atoms with Crippen LogP contribution in [0.15, 0.2) is 23.2 Å². The monoisotopic (exact) mass is 176 g/mol. The third-order valence-electron chi connectivity index (χ3n) is 1.69. The summed E-state index contributed by atoms with van der Waals surface area (Å²) < 4.78 is 0. The molecule has 1 aromatic heterocycles. The van der Waals surface area contributed by atoms with Gasteiger partial charge >= 0.3 is 0 Å².